The maximum absolute atomic E-state index is 10.7. The molecule has 1 aromatic carbocycles. The van der Waals surface area contributed by atoms with Crippen molar-refractivity contribution in [3.63, 3.8) is 0 Å². The van der Waals surface area contributed by atoms with E-state index in [1.807, 2.05) is 13.1 Å². The van der Waals surface area contributed by atoms with E-state index >= 15 is 0 Å². The lowest BCUT2D eigenvalue weighted by Gasteiger charge is -2.18. The van der Waals surface area contributed by atoms with E-state index in [0.717, 1.165) is 18.0 Å². The van der Waals surface area contributed by atoms with Gasteiger partial charge in [-0.2, -0.15) is 0 Å². The molecular weight excluding hydrogens is 206 g/mol. The summed E-state index contributed by atoms with van der Waals surface area (Å²) in [5, 5.41) is 10.7. The van der Waals surface area contributed by atoms with Gasteiger partial charge < -0.3 is 9.80 Å². The van der Waals surface area contributed by atoms with Crippen LogP contribution in [0.3, 0.4) is 0 Å². The largest absolute Gasteiger partial charge is 0.355 e. The van der Waals surface area contributed by atoms with Crippen LogP contribution in [-0.2, 0) is 0 Å². The Morgan fingerprint density at radius 1 is 1.38 bits per heavy atom. The van der Waals surface area contributed by atoms with Crippen molar-refractivity contribution in [3.05, 3.63) is 28.3 Å². The van der Waals surface area contributed by atoms with E-state index in [1.54, 1.807) is 12.1 Å². The Hall–Kier alpha value is -1.78. The Morgan fingerprint density at radius 3 is 2.75 bits per heavy atom. The smallest absolute Gasteiger partial charge is 0.271 e. The summed E-state index contributed by atoms with van der Waals surface area (Å²) < 4.78 is 0. The highest BCUT2D eigenvalue weighted by Gasteiger charge is 2.35. The number of hydrogen-bond donors (Lipinski definition) is 0. The molecule has 0 spiro atoms. The third-order valence-corrected chi connectivity index (χ3v) is 3.24. The molecule has 5 nitrogen and oxygen atoms in total. The van der Waals surface area contributed by atoms with Crippen LogP contribution < -0.4 is 9.80 Å². The molecule has 0 unspecified atom stereocenters. The molecule has 1 aliphatic heterocycles. The average Bonchev–Trinajstić information content (AvgIpc) is 3.04. The summed E-state index contributed by atoms with van der Waals surface area (Å²) in [6.45, 7) is 0.848. The van der Waals surface area contributed by atoms with Gasteiger partial charge in [0.25, 0.3) is 5.69 Å². The molecule has 0 saturated heterocycles. The molecule has 16 heavy (non-hydrogen) atoms. The van der Waals surface area contributed by atoms with Crippen LogP contribution in [0.4, 0.5) is 17.1 Å². The molecular formula is C11H13N3O2. The first-order valence-electron chi connectivity index (χ1n) is 5.43. The number of anilines is 2. The fourth-order valence-corrected chi connectivity index (χ4v) is 2.25. The fourth-order valence-electron chi connectivity index (χ4n) is 2.25. The Balaban J connectivity index is 2.02. The SMILES string of the molecule is CN1CN(C2CC2)c2ccc([N+](=O)[O-])cc21. The van der Waals surface area contributed by atoms with Crippen molar-refractivity contribution in [2.24, 2.45) is 0 Å². The van der Waals surface area contributed by atoms with E-state index in [1.165, 1.54) is 12.8 Å². The van der Waals surface area contributed by atoms with E-state index in [0.29, 0.717) is 6.04 Å². The van der Waals surface area contributed by atoms with E-state index < -0.39 is 0 Å². The number of fused-ring (bicyclic) bond motifs is 1. The molecule has 0 N–H and O–H groups in total. The van der Waals surface area contributed by atoms with Gasteiger partial charge in [0.2, 0.25) is 0 Å². The molecule has 0 aromatic heterocycles. The molecule has 5 heteroatoms. The number of hydrogen-bond acceptors (Lipinski definition) is 4. The molecule has 84 valence electrons. The Bertz CT molecular complexity index is 457. The zero-order valence-corrected chi connectivity index (χ0v) is 9.09. The number of nitro benzene ring substituents is 1. The summed E-state index contributed by atoms with van der Waals surface area (Å²) in [5.41, 5.74) is 2.28. The van der Waals surface area contributed by atoms with E-state index in [4.69, 9.17) is 0 Å². The number of nitrogens with zero attached hydrogens (tertiary/aromatic N) is 3. The van der Waals surface area contributed by atoms with Gasteiger partial charge in [0, 0.05) is 25.2 Å². The summed E-state index contributed by atoms with van der Waals surface area (Å²) in [4.78, 5) is 14.8. The summed E-state index contributed by atoms with van der Waals surface area (Å²) in [6.07, 6.45) is 2.48. The second-order valence-corrected chi connectivity index (χ2v) is 4.47. The van der Waals surface area contributed by atoms with Crippen LogP contribution in [0.5, 0.6) is 0 Å². The van der Waals surface area contributed by atoms with Gasteiger partial charge in [-0.05, 0) is 18.9 Å². The van der Waals surface area contributed by atoms with Gasteiger partial charge in [-0.3, -0.25) is 10.1 Å². The van der Waals surface area contributed by atoms with Crippen molar-refractivity contribution < 1.29 is 4.92 Å². The van der Waals surface area contributed by atoms with Crippen LogP contribution in [0.15, 0.2) is 18.2 Å². The minimum Gasteiger partial charge on any atom is -0.355 e. The lowest BCUT2D eigenvalue weighted by molar-refractivity contribution is -0.384. The Labute approximate surface area is 93.4 Å². The molecule has 1 aliphatic carbocycles. The first-order valence-corrected chi connectivity index (χ1v) is 5.43. The molecule has 1 aromatic rings. The van der Waals surface area contributed by atoms with Crippen LogP contribution in [-0.4, -0.2) is 24.7 Å². The van der Waals surface area contributed by atoms with E-state index in [2.05, 4.69) is 9.80 Å². The zero-order chi connectivity index (χ0) is 11.3. The van der Waals surface area contributed by atoms with Gasteiger partial charge in [-0.25, -0.2) is 0 Å². The number of rotatable bonds is 2. The maximum Gasteiger partial charge on any atom is 0.271 e. The van der Waals surface area contributed by atoms with Crippen molar-refractivity contribution in [2.45, 2.75) is 18.9 Å². The minimum absolute atomic E-state index is 0.170. The van der Waals surface area contributed by atoms with Gasteiger partial charge in [0.05, 0.1) is 23.0 Å². The van der Waals surface area contributed by atoms with Gasteiger partial charge >= 0.3 is 0 Å². The molecule has 0 amide bonds. The molecule has 0 bridgehead atoms. The standard InChI is InChI=1S/C11H13N3O2/c1-12-7-13(8-2-3-8)10-5-4-9(14(15)16)6-11(10)12/h4-6,8H,2-3,7H2,1H3. The first-order chi connectivity index (χ1) is 7.66. The summed E-state index contributed by atoms with van der Waals surface area (Å²) >= 11 is 0. The molecule has 1 saturated carbocycles. The fraction of sp³-hybridized carbons (Fsp3) is 0.455. The van der Waals surface area contributed by atoms with Gasteiger partial charge in [-0.1, -0.05) is 0 Å². The highest BCUT2D eigenvalue weighted by atomic mass is 16.6. The Morgan fingerprint density at radius 2 is 2.12 bits per heavy atom. The third-order valence-electron chi connectivity index (χ3n) is 3.24. The van der Waals surface area contributed by atoms with Crippen molar-refractivity contribution in [2.75, 3.05) is 23.5 Å². The molecule has 1 heterocycles. The lowest BCUT2D eigenvalue weighted by atomic mass is 10.2. The molecule has 3 rings (SSSR count). The second kappa shape index (κ2) is 3.10. The van der Waals surface area contributed by atoms with Crippen LogP contribution in [0.2, 0.25) is 0 Å². The number of non-ortho nitro benzene ring substituents is 1. The number of benzene rings is 1. The number of nitro groups is 1. The topological polar surface area (TPSA) is 49.6 Å². The van der Waals surface area contributed by atoms with E-state index in [-0.39, 0.29) is 10.6 Å². The highest BCUT2D eigenvalue weighted by Crippen LogP contribution is 2.43. The first kappa shape index (κ1) is 9.45. The van der Waals surface area contributed by atoms with Crippen LogP contribution >= 0.6 is 0 Å². The van der Waals surface area contributed by atoms with Crippen molar-refractivity contribution >= 4 is 17.1 Å². The predicted molar refractivity (Wildman–Crippen MR) is 61.9 cm³/mol. The zero-order valence-electron chi connectivity index (χ0n) is 9.09. The van der Waals surface area contributed by atoms with Crippen LogP contribution in [0, 0.1) is 10.1 Å². The van der Waals surface area contributed by atoms with Crippen LogP contribution in [0.25, 0.3) is 0 Å². The monoisotopic (exact) mass is 219 g/mol. The van der Waals surface area contributed by atoms with Gasteiger partial charge in [0.1, 0.15) is 0 Å². The summed E-state index contributed by atoms with van der Waals surface area (Å²) in [5.74, 6) is 0. The minimum atomic E-state index is -0.339. The molecule has 0 radical (unpaired) electrons. The molecule has 1 fully saturated rings. The predicted octanol–water partition coefficient (Wildman–Crippen LogP) is 1.97. The molecule has 0 atom stereocenters. The maximum atomic E-state index is 10.7. The van der Waals surface area contributed by atoms with Gasteiger partial charge in [-0.15, -0.1) is 0 Å². The Kier molecular flexibility index (Phi) is 1.83. The molecule has 2 aliphatic rings. The highest BCUT2D eigenvalue weighted by molar-refractivity contribution is 5.79. The quantitative estimate of drug-likeness (QED) is 0.563. The van der Waals surface area contributed by atoms with Crippen molar-refractivity contribution in [1.82, 2.24) is 0 Å². The average molecular weight is 219 g/mol. The van der Waals surface area contributed by atoms with Crippen LogP contribution in [0.1, 0.15) is 12.8 Å². The lowest BCUT2D eigenvalue weighted by Crippen LogP contribution is -2.29. The van der Waals surface area contributed by atoms with Gasteiger partial charge in [0.15, 0.2) is 0 Å². The third kappa shape index (κ3) is 1.31. The van der Waals surface area contributed by atoms with Crippen molar-refractivity contribution in [1.29, 1.82) is 0 Å². The normalized spacial score (nSPS) is 18.8. The second-order valence-electron chi connectivity index (χ2n) is 4.47. The van der Waals surface area contributed by atoms with Crippen molar-refractivity contribution in [3.8, 4) is 0 Å². The summed E-state index contributed by atoms with van der Waals surface area (Å²) in [6, 6.07) is 5.77. The van der Waals surface area contributed by atoms with E-state index in [9.17, 15) is 10.1 Å². The summed E-state index contributed by atoms with van der Waals surface area (Å²) in [7, 11) is 1.98.